The minimum absolute atomic E-state index is 0.0221. The van der Waals surface area contributed by atoms with Crippen LogP contribution in [-0.4, -0.2) is 69.6 Å². The van der Waals surface area contributed by atoms with Gasteiger partial charge in [-0.2, -0.15) is 0 Å². The summed E-state index contributed by atoms with van der Waals surface area (Å²) >= 11 is 0. The molecule has 0 spiro atoms. The predicted octanol–water partition coefficient (Wildman–Crippen LogP) is 1.31. The Kier molecular flexibility index (Phi) is 5.81. The monoisotopic (exact) mass is 436 g/mol. The largest absolute Gasteiger partial charge is 0.394 e. The Bertz CT molecular complexity index is 735. The van der Waals surface area contributed by atoms with Crippen molar-refractivity contribution in [2.45, 2.75) is 95.1 Å². The van der Waals surface area contributed by atoms with Gasteiger partial charge >= 0.3 is 0 Å². The Morgan fingerprint density at radius 1 is 1.03 bits per heavy atom. The molecule has 0 bridgehead atoms. The number of ether oxygens (including phenoxy) is 2. The number of hydrogen-bond donors (Lipinski definition) is 4. The lowest BCUT2D eigenvalue weighted by atomic mass is 9.52. The molecule has 7 heteroatoms. The molecule has 4 fully saturated rings. The Labute approximate surface area is 183 Å². The molecular weight excluding hydrogens is 400 g/mol. The number of ketones is 1. The molecule has 5 rings (SSSR count). The van der Waals surface area contributed by atoms with Gasteiger partial charge in [-0.1, -0.05) is 12.5 Å². The molecule has 31 heavy (non-hydrogen) atoms. The second-order valence-electron chi connectivity index (χ2n) is 10.7. The maximum atomic E-state index is 11.9. The van der Waals surface area contributed by atoms with Crippen LogP contribution in [0, 0.1) is 29.1 Å². The number of aliphatic hydroxyl groups excluding tert-OH is 4. The van der Waals surface area contributed by atoms with E-state index in [4.69, 9.17) is 9.47 Å². The van der Waals surface area contributed by atoms with E-state index in [1.165, 1.54) is 5.57 Å². The van der Waals surface area contributed by atoms with E-state index in [9.17, 15) is 25.2 Å². The van der Waals surface area contributed by atoms with E-state index in [0.717, 1.165) is 44.9 Å². The summed E-state index contributed by atoms with van der Waals surface area (Å²) in [6, 6.07) is 0. The maximum absolute atomic E-state index is 11.9. The molecule has 0 aromatic rings. The van der Waals surface area contributed by atoms with Crippen molar-refractivity contribution >= 4 is 5.78 Å². The quantitative estimate of drug-likeness (QED) is 0.527. The zero-order valence-electron chi connectivity index (χ0n) is 18.2. The number of carbonyl (C=O) groups is 1. The topological polar surface area (TPSA) is 116 Å². The van der Waals surface area contributed by atoms with Gasteiger partial charge in [-0.05, 0) is 80.1 Å². The molecule has 0 aromatic heterocycles. The fourth-order valence-corrected chi connectivity index (χ4v) is 7.70. The van der Waals surface area contributed by atoms with Gasteiger partial charge in [0.2, 0.25) is 0 Å². The van der Waals surface area contributed by atoms with E-state index < -0.39 is 37.3 Å². The first-order valence-electron chi connectivity index (χ1n) is 12.0. The number of allylic oxidation sites excluding steroid dienone is 1. The molecule has 0 radical (unpaired) electrons. The molecule has 1 aliphatic heterocycles. The van der Waals surface area contributed by atoms with Gasteiger partial charge in [0.15, 0.2) is 12.1 Å². The van der Waals surface area contributed by atoms with Crippen molar-refractivity contribution < 1.29 is 34.7 Å². The van der Waals surface area contributed by atoms with Crippen molar-refractivity contribution in [3.05, 3.63) is 11.6 Å². The smallest absolute Gasteiger partial charge is 0.186 e. The third-order valence-corrected chi connectivity index (χ3v) is 9.36. The SMILES string of the molecule is C[C@]12CC[C@H]3[C@@H](CCC4=CC(=O)CC[C@@H]43)[C@@H]1CC[C@@H]2O[C@H]1O[C@@H](CO)[C@H](O)[C@@H](O)[C@@H]1O. The minimum Gasteiger partial charge on any atom is -0.394 e. The minimum atomic E-state index is -1.41. The molecule has 0 unspecified atom stereocenters. The summed E-state index contributed by atoms with van der Waals surface area (Å²) in [5.41, 5.74) is 1.36. The van der Waals surface area contributed by atoms with Crippen molar-refractivity contribution in [3.8, 4) is 0 Å². The lowest BCUT2D eigenvalue weighted by molar-refractivity contribution is -0.319. The van der Waals surface area contributed by atoms with Gasteiger partial charge in [-0.15, -0.1) is 0 Å². The molecule has 4 N–H and O–H groups in total. The van der Waals surface area contributed by atoms with Crippen LogP contribution in [0.5, 0.6) is 0 Å². The van der Waals surface area contributed by atoms with Gasteiger partial charge in [0.05, 0.1) is 12.7 Å². The van der Waals surface area contributed by atoms with Crippen LogP contribution in [0.15, 0.2) is 11.6 Å². The zero-order chi connectivity index (χ0) is 21.9. The molecule has 0 amide bonds. The van der Waals surface area contributed by atoms with Gasteiger partial charge < -0.3 is 29.9 Å². The van der Waals surface area contributed by atoms with Crippen molar-refractivity contribution in [1.82, 2.24) is 0 Å². The highest BCUT2D eigenvalue weighted by molar-refractivity contribution is 5.91. The number of rotatable bonds is 3. The third kappa shape index (κ3) is 3.52. The summed E-state index contributed by atoms with van der Waals surface area (Å²) in [6.07, 6.45) is 3.68. The Morgan fingerprint density at radius 3 is 2.61 bits per heavy atom. The van der Waals surface area contributed by atoms with Crippen LogP contribution in [-0.2, 0) is 14.3 Å². The van der Waals surface area contributed by atoms with Crippen LogP contribution < -0.4 is 0 Å². The number of carbonyl (C=O) groups excluding carboxylic acids is 1. The van der Waals surface area contributed by atoms with Crippen LogP contribution in [0.25, 0.3) is 0 Å². The summed E-state index contributed by atoms with van der Waals surface area (Å²) in [6.45, 7) is 1.85. The van der Waals surface area contributed by atoms with Crippen LogP contribution in [0.1, 0.15) is 58.3 Å². The standard InChI is InChI=1S/C24H36O7/c1-24-9-8-15-14-5-3-13(26)10-12(14)2-4-16(15)17(24)6-7-19(24)31-23-22(29)21(28)20(27)18(11-25)30-23/h10,14-23,25,27-29H,2-9,11H2,1H3/t14-,15+,16+,17-,18-,19-,20-,21+,22-,23+,24-/m0/s1. The Balaban J connectivity index is 1.31. The van der Waals surface area contributed by atoms with Crippen LogP contribution >= 0.6 is 0 Å². The van der Waals surface area contributed by atoms with E-state index in [0.29, 0.717) is 35.9 Å². The van der Waals surface area contributed by atoms with Crippen LogP contribution in [0.2, 0.25) is 0 Å². The van der Waals surface area contributed by atoms with E-state index in [2.05, 4.69) is 6.92 Å². The first-order valence-corrected chi connectivity index (χ1v) is 12.0. The predicted molar refractivity (Wildman–Crippen MR) is 111 cm³/mol. The molecule has 174 valence electrons. The number of hydrogen-bond acceptors (Lipinski definition) is 7. The molecule has 1 heterocycles. The average Bonchev–Trinajstić information content (AvgIpc) is 3.09. The summed E-state index contributed by atoms with van der Waals surface area (Å²) in [5.74, 6) is 2.68. The molecule has 1 saturated heterocycles. The normalized spacial score (nSPS) is 52.2. The van der Waals surface area contributed by atoms with E-state index in [1.807, 2.05) is 6.08 Å². The molecule has 7 nitrogen and oxygen atoms in total. The maximum Gasteiger partial charge on any atom is 0.186 e. The van der Waals surface area contributed by atoms with Crippen LogP contribution in [0.4, 0.5) is 0 Å². The van der Waals surface area contributed by atoms with Gasteiger partial charge in [0, 0.05) is 6.42 Å². The zero-order valence-corrected chi connectivity index (χ0v) is 18.2. The summed E-state index contributed by atoms with van der Waals surface area (Å²) < 4.78 is 11.9. The van der Waals surface area contributed by atoms with E-state index in [-0.39, 0.29) is 11.5 Å². The van der Waals surface area contributed by atoms with Gasteiger partial charge in [0.1, 0.15) is 24.4 Å². The number of fused-ring (bicyclic) bond motifs is 5. The fraction of sp³-hybridized carbons (Fsp3) is 0.875. The first-order chi connectivity index (χ1) is 14.8. The summed E-state index contributed by atoms with van der Waals surface area (Å²) in [7, 11) is 0. The van der Waals surface area contributed by atoms with Gasteiger partial charge in [-0.3, -0.25) is 4.79 Å². The van der Waals surface area contributed by atoms with Crippen molar-refractivity contribution in [2.24, 2.45) is 29.1 Å². The molecule has 0 aromatic carbocycles. The lowest BCUT2D eigenvalue weighted by Gasteiger charge is -2.54. The molecular formula is C24H36O7. The van der Waals surface area contributed by atoms with Crippen LogP contribution in [0.3, 0.4) is 0 Å². The second-order valence-corrected chi connectivity index (χ2v) is 10.7. The molecule has 11 atom stereocenters. The van der Waals surface area contributed by atoms with E-state index in [1.54, 1.807) is 0 Å². The summed E-state index contributed by atoms with van der Waals surface area (Å²) in [5, 5.41) is 40.0. The summed E-state index contributed by atoms with van der Waals surface area (Å²) in [4.78, 5) is 11.9. The van der Waals surface area contributed by atoms with Crippen molar-refractivity contribution in [3.63, 3.8) is 0 Å². The Morgan fingerprint density at radius 2 is 1.84 bits per heavy atom. The highest BCUT2D eigenvalue weighted by Gasteiger charge is 2.58. The average molecular weight is 437 g/mol. The first kappa shape index (κ1) is 22.0. The highest BCUT2D eigenvalue weighted by atomic mass is 16.7. The molecule has 3 saturated carbocycles. The number of aliphatic hydroxyl groups is 4. The Hall–Kier alpha value is -0.830. The third-order valence-electron chi connectivity index (χ3n) is 9.36. The van der Waals surface area contributed by atoms with Crippen molar-refractivity contribution in [2.75, 3.05) is 6.61 Å². The fourth-order valence-electron chi connectivity index (χ4n) is 7.70. The lowest BCUT2D eigenvalue weighted by Crippen LogP contribution is -2.60. The highest BCUT2D eigenvalue weighted by Crippen LogP contribution is 2.62. The van der Waals surface area contributed by atoms with E-state index >= 15 is 0 Å². The molecule has 4 aliphatic carbocycles. The van der Waals surface area contributed by atoms with Gasteiger partial charge in [-0.25, -0.2) is 0 Å². The second kappa shape index (κ2) is 8.19. The van der Waals surface area contributed by atoms with Crippen molar-refractivity contribution in [1.29, 1.82) is 0 Å². The molecule has 5 aliphatic rings. The van der Waals surface area contributed by atoms with Gasteiger partial charge in [0.25, 0.3) is 0 Å².